The van der Waals surface area contributed by atoms with Crippen molar-refractivity contribution in [1.82, 2.24) is 10.8 Å². The van der Waals surface area contributed by atoms with Gasteiger partial charge >= 0.3 is 0 Å². The van der Waals surface area contributed by atoms with Crippen molar-refractivity contribution in [3.8, 4) is 12.8 Å². The first-order chi connectivity index (χ1) is 10.6. The highest BCUT2D eigenvalue weighted by Gasteiger charge is 2.02. The van der Waals surface area contributed by atoms with Gasteiger partial charge in [0, 0.05) is 18.5 Å². The molecule has 0 atom stereocenters. The molecule has 0 radical (unpaired) electrons. The number of hydrogen-bond acceptors (Lipinski definition) is 3. The summed E-state index contributed by atoms with van der Waals surface area (Å²) in [4.78, 5) is 22.3. The van der Waals surface area contributed by atoms with Gasteiger partial charge in [-0.1, -0.05) is 31.9 Å². The Morgan fingerprint density at radius 1 is 1.05 bits per heavy atom. The monoisotopic (exact) mass is 308 g/mol. The van der Waals surface area contributed by atoms with Gasteiger partial charge < -0.3 is 5.32 Å². The molecule has 124 valence electrons. The van der Waals surface area contributed by atoms with Crippen LogP contribution in [0.3, 0.4) is 0 Å². The Bertz CT molecular complexity index is 385. The van der Waals surface area contributed by atoms with Crippen molar-refractivity contribution >= 4 is 11.8 Å². The van der Waals surface area contributed by atoms with Crippen LogP contribution < -0.4 is 10.8 Å². The molecule has 0 aliphatic carbocycles. The van der Waals surface area contributed by atoms with Gasteiger partial charge in [0.15, 0.2) is 0 Å². The van der Waals surface area contributed by atoms with Gasteiger partial charge in [0.2, 0.25) is 11.8 Å². The molecule has 0 aliphatic heterocycles. The van der Waals surface area contributed by atoms with E-state index >= 15 is 0 Å². The van der Waals surface area contributed by atoms with E-state index in [2.05, 4.69) is 25.1 Å². The van der Waals surface area contributed by atoms with Gasteiger partial charge in [-0.3, -0.25) is 14.8 Å². The second-order valence-corrected chi connectivity index (χ2v) is 4.68. The van der Waals surface area contributed by atoms with Crippen molar-refractivity contribution in [2.45, 2.75) is 58.8 Å². The third-order valence-electron chi connectivity index (χ3n) is 2.74. The Kier molecular flexibility index (Phi) is 17.2. The van der Waals surface area contributed by atoms with Gasteiger partial charge in [-0.25, -0.2) is 5.48 Å². The molecule has 0 aromatic carbocycles. The molecule has 0 aromatic rings. The molecule has 0 saturated carbocycles. The van der Waals surface area contributed by atoms with E-state index in [0.29, 0.717) is 12.8 Å². The van der Waals surface area contributed by atoms with Crippen LogP contribution in [0.25, 0.3) is 0 Å². The lowest BCUT2D eigenvalue weighted by molar-refractivity contribution is -0.129. The maximum atomic E-state index is 11.6. The normalized spacial score (nSPS) is 10.7. The number of nitrogens with one attached hydrogen (secondary N) is 2. The Hall–Kier alpha value is -2.06. The van der Waals surface area contributed by atoms with Gasteiger partial charge in [0.1, 0.15) is 0 Å². The van der Waals surface area contributed by atoms with E-state index in [-0.39, 0.29) is 11.8 Å². The molecule has 5 nitrogen and oxygen atoms in total. The van der Waals surface area contributed by atoms with Crippen molar-refractivity contribution < 1.29 is 14.8 Å². The smallest absolute Gasteiger partial charge is 0.243 e. The summed E-state index contributed by atoms with van der Waals surface area (Å²) in [6.07, 6.45) is 19.0. The zero-order chi connectivity index (χ0) is 17.2. The number of amides is 2. The van der Waals surface area contributed by atoms with E-state index in [1.165, 1.54) is 0 Å². The lowest BCUT2D eigenvalue weighted by Gasteiger charge is -2.04. The third kappa shape index (κ3) is 16.0. The van der Waals surface area contributed by atoms with Gasteiger partial charge in [-0.15, -0.1) is 12.8 Å². The van der Waals surface area contributed by atoms with E-state index in [1.807, 2.05) is 25.2 Å². The lowest BCUT2D eigenvalue weighted by Crippen LogP contribution is -2.20. The summed E-state index contributed by atoms with van der Waals surface area (Å²) in [6, 6.07) is 0. The molecule has 0 unspecified atom stereocenters. The number of rotatable bonds is 10. The molecule has 0 heterocycles. The van der Waals surface area contributed by atoms with E-state index in [1.54, 1.807) is 5.48 Å². The Labute approximate surface area is 133 Å². The fourth-order valence-electron chi connectivity index (χ4n) is 1.65. The van der Waals surface area contributed by atoms with E-state index < -0.39 is 0 Å². The SMILES string of the molecule is C#C.CC/C=C\C=C(/C)NC(=O)CCCCCCC(=O)NO. The molecule has 2 amide bonds. The Morgan fingerprint density at radius 2 is 1.59 bits per heavy atom. The highest BCUT2D eigenvalue weighted by molar-refractivity contribution is 5.77. The minimum absolute atomic E-state index is 0.0248. The van der Waals surface area contributed by atoms with Gasteiger partial charge in [-0.2, -0.15) is 0 Å². The maximum Gasteiger partial charge on any atom is 0.243 e. The number of terminal acetylenes is 1. The second kappa shape index (κ2) is 17.0. The molecule has 0 spiro atoms. The van der Waals surface area contributed by atoms with Crippen molar-refractivity contribution in [2.24, 2.45) is 0 Å². The molecule has 0 bridgehead atoms. The third-order valence-corrected chi connectivity index (χ3v) is 2.74. The fraction of sp³-hybridized carbons (Fsp3) is 0.529. The van der Waals surface area contributed by atoms with Crippen LogP contribution in [0.2, 0.25) is 0 Å². The summed E-state index contributed by atoms with van der Waals surface area (Å²) in [5, 5.41) is 11.1. The highest BCUT2D eigenvalue weighted by atomic mass is 16.5. The summed E-state index contributed by atoms with van der Waals surface area (Å²) in [5.74, 6) is -0.333. The number of allylic oxidation sites excluding steroid dienone is 4. The fourth-order valence-corrected chi connectivity index (χ4v) is 1.65. The number of unbranched alkanes of at least 4 members (excludes halogenated alkanes) is 3. The zero-order valence-electron chi connectivity index (χ0n) is 13.6. The average Bonchev–Trinajstić information content (AvgIpc) is 2.52. The predicted molar refractivity (Wildman–Crippen MR) is 88.9 cm³/mol. The molecular formula is C17H28N2O3. The molecular weight excluding hydrogens is 280 g/mol. The zero-order valence-corrected chi connectivity index (χ0v) is 13.6. The molecule has 0 saturated heterocycles. The minimum Gasteiger partial charge on any atom is -0.330 e. The first-order valence-electron chi connectivity index (χ1n) is 7.49. The summed E-state index contributed by atoms with van der Waals surface area (Å²) in [7, 11) is 0. The summed E-state index contributed by atoms with van der Waals surface area (Å²) < 4.78 is 0. The molecule has 3 N–H and O–H groups in total. The molecule has 22 heavy (non-hydrogen) atoms. The van der Waals surface area contributed by atoms with E-state index in [0.717, 1.165) is 37.8 Å². The quantitative estimate of drug-likeness (QED) is 0.191. The highest BCUT2D eigenvalue weighted by Crippen LogP contribution is 2.05. The van der Waals surface area contributed by atoms with Crippen molar-refractivity contribution in [3.63, 3.8) is 0 Å². The van der Waals surface area contributed by atoms with Crippen molar-refractivity contribution in [1.29, 1.82) is 0 Å². The molecule has 0 rings (SSSR count). The van der Waals surface area contributed by atoms with Crippen molar-refractivity contribution in [2.75, 3.05) is 0 Å². The van der Waals surface area contributed by atoms with Crippen LogP contribution in [0.15, 0.2) is 23.9 Å². The average molecular weight is 308 g/mol. The molecule has 0 aromatic heterocycles. The number of hydroxylamine groups is 1. The predicted octanol–water partition coefficient (Wildman–Crippen LogP) is 3.07. The van der Waals surface area contributed by atoms with Crippen LogP contribution in [-0.4, -0.2) is 17.0 Å². The lowest BCUT2D eigenvalue weighted by atomic mass is 10.1. The van der Waals surface area contributed by atoms with Crippen LogP contribution in [-0.2, 0) is 9.59 Å². The summed E-state index contributed by atoms with van der Waals surface area (Å²) in [5.41, 5.74) is 2.45. The van der Waals surface area contributed by atoms with Crippen LogP contribution in [0.1, 0.15) is 58.8 Å². The largest absolute Gasteiger partial charge is 0.330 e. The molecule has 5 heteroatoms. The van der Waals surface area contributed by atoms with Gasteiger partial charge in [-0.05, 0) is 32.3 Å². The maximum absolute atomic E-state index is 11.6. The van der Waals surface area contributed by atoms with E-state index in [9.17, 15) is 9.59 Å². The van der Waals surface area contributed by atoms with Crippen LogP contribution in [0.4, 0.5) is 0 Å². The van der Waals surface area contributed by atoms with Crippen LogP contribution >= 0.6 is 0 Å². The second-order valence-electron chi connectivity index (χ2n) is 4.68. The number of carbonyl (C=O) groups excluding carboxylic acids is 2. The first kappa shape index (κ1) is 22.2. The summed E-state index contributed by atoms with van der Waals surface area (Å²) in [6.45, 7) is 3.92. The number of hydrogen-bond donors (Lipinski definition) is 3. The van der Waals surface area contributed by atoms with Crippen LogP contribution in [0, 0.1) is 12.8 Å². The van der Waals surface area contributed by atoms with Crippen molar-refractivity contribution in [3.05, 3.63) is 23.9 Å². The minimum atomic E-state index is -0.358. The van der Waals surface area contributed by atoms with E-state index in [4.69, 9.17) is 5.21 Å². The van der Waals surface area contributed by atoms with Gasteiger partial charge in [0.05, 0.1) is 0 Å². The molecule has 0 aliphatic rings. The number of carbonyl (C=O) groups is 2. The standard InChI is InChI=1S/C15H26N2O3.C2H2/c1-3-4-7-10-13(2)16-14(18)11-8-5-6-9-12-15(19)17-20;1-2/h4,7,10,20H,3,5-6,8-9,11-12H2,1-2H3,(H,16,18)(H,17,19);1-2H/b7-4-,13-10+;. The first-order valence-corrected chi connectivity index (χ1v) is 7.49. The Balaban J connectivity index is 0. The Morgan fingerprint density at radius 3 is 2.09 bits per heavy atom. The summed E-state index contributed by atoms with van der Waals surface area (Å²) >= 11 is 0. The van der Waals surface area contributed by atoms with Gasteiger partial charge in [0.25, 0.3) is 0 Å². The molecule has 0 fully saturated rings. The van der Waals surface area contributed by atoms with Crippen LogP contribution in [0.5, 0.6) is 0 Å². The topological polar surface area (TPSA) is 78.4 Å².